The van der Waals surface area contributed by atoms with Crippen LogP contribution in [0.2, 0.25) is 0 Å². The van der Waals surface area contributed by atoms with Gasteiger partial charge in [-0.25, -0.2) is 9.97 Å². The molecule has 1 fully saturated rings. The van der Waals surface area contributed by atoms with Crippen LogP contribution in [0.15, 0.2) is 12.4 Å². The summed E-state index contributed by atoms with van der Waals surface area (Å²) in [6, 6.07) is 2.21. The Bertz CT molecular complexity index is 549. The molecule has 1 aliphatic heterocycles. The van der Waals surface area contributed by atoms with Crippen LogP contribution >= 0.6 is 23.7 Å². The molecule has 3 rings (SSSR count). The number of aryl methyl sites for hydroxylation is 1. The normalized spacial score (nSPS) is 16.6. The Morgan fingerprint density at radius 1 is 1.21 bits per heavy atom. The lowest BCUT2D eigenvalue weighted by atomic mass is 10.2. The van der Waals surface area contributed by atoms with E-state index < -0.39 is 0 Å². The van der Waals surface area contributed by atoms with E-state index in [2.05, 4.69) is 39.7 Å². The van der Waals surface area contributed by atoms with Gasteiger partial charge in [0.05, 0.1) is 5.39 Å². The van der Waals surface area contributed by atoms with Crippen molar-refractivity contribution in [1.29, 1.82) is 0 Å². The highest BCUT2D eigenvalue weighted by atomic mass is 35.5. The van der Waals surface area contributed by atoms with E-state index in [4.69, 9.17) is 0 Å². The minimum atomic E-state index is 0. The molecular formula is C13H19ClN4S. The molecule has 1 aliphatic rings. The number of anilines is 1. The number of aromatic nitrogens is 2. The number of hydrogen-bond acceptors (Lipinski definition) is 5. The van der Waals surface area contributed by atoms with E-state index in [1.165, 1.54) is 10.3 Å². The first-order chi connectivity index (χ1) is 8.78. The predicted molar refractivity (Wildman–Crippen MR) is 83.7 cm³/mol. The second-order valence-electron chi connectivity index (χ2n) is 4.69. The second-order valence-corrected chi connectivity index (χ2v) is 5.93. The number of rotatable bonds is 2. The van der Waals surface area contributed by atoms with E-state index in [-0.39, 0.29) is 12.4 Å². The fraction of sp³-hybridized carbons (Fsp3) is 0.538. The van der Waals surface area contributed by atoms with Gasteiger partial charge in [0.15, 0.2) is 0 Å². The molecule has 2 aromatic rings. The van der Waals surface area contributed by atoms with Gasteiger partial charge in [-0.2, -0.15) is 0 Å². The van der Waals surface area contributed by atoms with Gasteiger partial charge < -0.3 is 9.80 Å². The molecule has 0 bridgehead atoms. The summed E-state index contributed by atoms with van der Waals surface area (Å²) in [5.74, 6) is 1.11. The molecule has 0 atom stereocenters. The van der Waals surface area contributed by atoms with E-state index in [1.54, 1.807) is 17.7 Å². The van der Waals surface area contributed by atoms with E-state index in [1.807, 2.05) is 0 Å². The topological polar surface area (TPSA) is 32.3 Å². The first-order valence-corrected chi connectivity index (χ1v) is 7.28. The van der Waals surface area contributed by atoms with E-state index in [0.717, 1.165) is 43.4 Å². The third-order valence-electron chi connectivity index (χ3n) is 3.55. The van der Waals surface area contributed by atoms with E-state index in [0.29, 0.717) is 0 Å². The Balaban J connectivity index is 0.00000133. The van der Waals surface area contributed by atoms with E-state index in [9.17, 15) is 0 Å². The Morgan fingerprint density at radius 3 is 2.63 bits per heavy atom. The number of thiophene rings is 1. The van der Waals surface area contributed by atoms with Crippen LogP contribution in [0.1, 0.15) is 11.8 Å². The maximum atomic E-state index is 4.50. The Hall–Kier alpha value is -0.910. The highest BCUT2D eigenvalue weighted by molar-refractivity contribution is 7.18. The van der Waals surface area contributed by atoms with Gasteiger partial charge in [-0.15, -0.1) is 23.7 Å². The monoisotopic (exact) mass is 298 g/mol. The summed E-state index contributed by atoms with van der Waals surface area (Å²) >= 11 is 1.75. The van der Waals surface area contributed by atoms with Gasteiger partial charge >= 0.3 is 0 Å². The maximum absolute atomic E-state index is 4.50. The van der Waals surface area contributed by atoms with Crippen molar-refractivity contribution in [1.82, 2.24) is 14.9 Å². The molecule has 0 aliphatic carbocycles. The number of halogens is 1. The number of piperazine rings is 1. The summed E-state index contributed by atoms with van der Waals surface area (Å²) in [6.07, 6.45) is 1.69. The van der Waals surface area contributed by atoms with Crippen molar-refractivity contribution in [3.63, 3.8) is 0 Å². The molecule has 0 unspecified atom stereocenters. The van der Waals surface area contributed by atoms with Crippen molar-refractivity contribution in [2.24, 2.45) is 0 Å². The van der Waals surface area contributed by atoms with Crippen molar-refractivity contribution < 1.29 is 0 Å². The zero-order valence-corrected chi connectivity index (χ0v) is 12.9. The Morgan fingerprint density at radius 2 is 1.95 bits per heavy atom. The number of nitrogens with zero attached hydrogens (tertiary/aromatic N) is 4. The largest absolute Gasteiger partial charge is 0.353 e. The van der Waals surface area contributed by atoms with Crippen LogP contribution in [0.5, 0.6) is 0 Å². The molecule has 2 aromatic heterocycles. The number of hydrogen-bond donors (Lipinski definition) is 0. The molecule has 104 valence electrons. The highest BCUT2D eigenvalue weighted by Gasteiger charge is 2.19. The van der Waals surface area contributed by atoms with E-state index >= 15 is 0 Å². The molecule has 0 saturated carbocycles. The smallest absolute Gasteiger partial charge is 0.140 e. The fourth-order valence-electron chi connectivity index (χ4n) is 2.49. The van der Waals surface area contributed by atoms with Crippen LogP contribution in [0.4, 0.5) is 5.82 Å². The van der Waals surface area contributed by atoms with Crippen LogP contribution in [0.3, 0.4) is 0 Å². The van der Waals surface area contributed by atoms with Crippen molar-refractivity contribution in [3.8, 4) is 0 Å². The number of fused-ring (bicyclic) bond motifs is 1. The molecule has 0 aromatic carbocycles. The molecule has 1 saturated heterocycles. The Labute approximate surface area is 123 Å². The predicted octanol–water partition coefficient (Wildman–Crippen LogP) is 2.56. The number of likely N-dealkylation sites (N-methyl/N-ethyl adjacent to an activating group) is 1. The van der Waals surface area contributed by atoms with Crippen molar-refractivity contribution in [2.45, 2.75) is 13.8 Å². The summed E-state index contributed by atoms with van der Waals surface area (Å²) in [5, 5.41) is 1.21. The standard InChI is InChI=1S/C13H18N4S.ClH/c1-3-16-4-6-17(7-5-16)12-11-8-10(2)18-13(11)15-9-14-12;/h8-9H,3-7H2,1-2H3;1H. The lowest BCUT2D eigenvalue weighted by molar-refractivity contribution is 0.271. The zero-order valence-electron chi connectivity index (χ0n) is 11.3. The Kier molecular flexibility index (Phi) is 4.60. The highest BCUT2D eigenvalue weighted by Crippen LogP contribution is 2.30. The molecule has 0 radical (unpaired) electrons. The second kappa shape index (κ2) is 6.03. The van der Waals surface area contributed by atoms with Gasteiger partial charge in [0.25, 0.3) is 0 Å². The molecule has 0 N–H and O–H groups in total. The van der Waals surface area contributed by atoms with Gasteiger partial charge in [0.2, 0.25) is 0 Å². The van der Waals surface area contributed by atoms with Crippen molar-refractivity contribution in [2.75, 3.05) is 37.6 Å². The van der Waals surface area contributed by atoms with Gasteiger partial charge in [0, 0.05) is 31.1 Å². The third-order valence-corrected chi connectivity index (χ3v) is 4.51. The van der Waals surface area contributed by atoms with Crippen LogP contribution < -0.4 is 4.90 Å². The summed E-state index contributed by atoms with van der Waals surface area (Å²) in [5.41, 5.74) is 0. The fourth-order valence-corrected chi connectivity index (χ4v) is 3.33. The molecule has 4 nitrogen and oxygen atoms in total. The quantitative estimate of drug-likeness (QED) is 0.853. The molecule has 0 amide bonds. The SMILES string of the molecule is CCN1CCN(c2ncnc3sc(C)cc23)CC1.Cl. The molecule has 3 heterocycles. The van der Waals surface area contributed by atoms with Crippen molar-refractivity contribution in [3.05, 3.63) is 17.3 Å². The average Bonchev–Trinajstić information content (AvgIpc) is 2.79. The summed E-state index contributed by atoms with van der Waals surface area (Å²) in [6.45, 7) is 9.89. The van der Waals surface area contributed by atoms with Crippen LogP contribution in [-0.4, -0.2) is 47.6 Å². The molecular weight excluding hydrogens is 280 g/mol. The van der Waals surface area contributed by atoms with Crippen LogP contribution in [0, 0.1) is 6.92 Å². The summed E-state index contributed by atoms with van der Waals surface area (Å²) in [7, 11) is 0. The van der Waals surface area contributed by atoms with Gasteiger partial charge in [-0.1, -0.05) is 6.92 Å². The molecule has 6 heteroatoms. The van der Waals surface area contributed by atoms with Gasteiger partial charge in [0.1, 0.15) is 17.0 Å². The minimum absolute atomic E-state index is 0. The van der Waals surface area contributed by atoms with Crippen LogP contribution in [-0.2, 0) is 0 Å². The lowest BCUT2D eigenvalue weighted by Gasteiger charge is -2.34. The molecule has 0 spiro atoms. The third kappa shape index (κ3) is 2.83. The first-order valence-electron chi connectivity index (χ1n) is 6.46. The summed E-state index contributed by atoms with van der Waals surface area (Å²) in [4.78, 5) is 16.1. The molecule has 19 heavy (non-hydrogen) atoms. The lowest BCUT2D eigenvalue weighted by Crippen LogP contribution is -2.46. The van der Waals surface area contributed by atoms with Gasteiger partial charge in [-0.3, -0.25) is 0 Å². The van der Waals surface area contributed by atoms with Gasteiger partial charge in [-0.05, 0) is 19.5 Å². The minimum Gasteiger partial charge on any atom is -0.353 e. The first kappa shape index (κ1) is 14.5. The zero-order chi connectivity index (χ0) is 12.5. The average molecular weight is 299 g/mol. The van der Waals surface area contributed by atoms with Crippen molar-refractivity contribution >= 4 is 39.8 Å². The van der Waals surface area contributed by atoms with Crippen LogP contribution in [0.25, 0.3) is 10.2 Å². The maximum Gasteiger partial charge on any atom is 0.140 e. The summed E-state index contributed by atoms with van der Waals surface area (Å²) < 4.78 is 0.